The second-order valence-electron chi connectivity index (χ2n) is 3.40. The van der Waals surface area contributed by atoms with Crippen molar-refractivity contribution in [1.29, 1.82) is 0 Å². The van der Waals surface area contributed by atoms with Gasteiger partial charge in [-0.25, -0.2) is 4.79 Å². The first-order chi connectivity index (χ1) is 7.04. The SMILES string of the molecule is CCC(Nc1cc(Br)ccc1C)C(=O)O. The molecule has 0 amide bonds. The highest BCUT2D eigenvalue weighted by Gasteiger charge is 2.15. The minimum atomic E-state index is -0.822. The highest BCUT2D eigenvalue weighted by atomic mass is 79.9. The van der Waals surface area contributed by atoms with Gasteiger partial charge >= 0.3 is 5.97 Å². The molecule has 3 nitrogen and oxygen atoms in total. The molecule has 0 bridgehead atoms. The van der Waals surface area contributed by atoms with Gasteiger partial charge in [-0.1, -0.05) is 28.9 Å². The van der Waals surface area contributed by atoms with Crippen molar-refractivity contribution in [2.75, 3.05) is 5.32 Å². The number of nitrogens with one attached hydrogen (secondary N) is 1. The number of halogens is 1. The van der Waals surface area contributed by atoms with Gasteiger partial charge in [0, 0.05) is 10.2 Å². The number of hydrogen-bond acceptors (Lipinski definition) is 2. The summed E-state index contributed by atoms with van der Waals surface area (Å²) in [6.45, 7) is 3.79. The molecule has 1 aromatic rings. The summed E-state index contributed by atoms with van der Waals surface area (Å²) in [4.78, 5) is 10.9. The van der Waals surface area contributed by atoms with Crippen LogP contribution in [-0.4, -0.2) is 17.1 Å². The van der Waals surface area contributed by atoms with Gasteiger partial charge in [0.05, 0.1) is 0 Å². The van der Waals surface area contributed by atoms with Gasteiger partial charge in [-0.15, -0.1) is 0 Å². The molecule has 15 heavy (non-hydrogen) atoms. The molecule has 0 spiro atoms. The molecule has 0 fully saturated rings. The molecule has 0 radical (unpaired) electrons. The second kappa shape index (κ2) is 5.16. The van der Waals surface area contributed by atoms with Crippen molar-refractivity contribution >= 4 is 27.6 Å². The standard InChI is InChI=1S/C11H14BrNO2/c1-3-9(11(14)15)13-10-6-8(12)5-4-7(10)2/h4-6,9,13H,3H2,1-2H3,(H,14,15). The van der Waals surface area contributed by atoms with Crippen LogP contribution < -0.4 is 5.32 Å². The van der Waals surface area contributed by atoms with E-state index < -0.39 is 12.0 Å². The number of carbonyl (C=O) groups is 1. The van der Waals surface area contributed by atoms with Crippen LogP contribution in [0.3, 0.4) is 0 Å². The van der Waals surface area contributed by atoms with Crippen molar-refractivity contribution in [2.45, 2.75) is 26.3 Å². The van der Waals surface area contributed by atoms with E-state index in [0.717, 1.165) is 15.7 Å². The van der Waals surface area contributed by atoms with Crippen LogP contribution in [0.5, 0.6) is 0 Å². The Morgan fingerprint density at radius 2 is 2.27 bits per heavy atom. The van der Waals surface area contributed by atoms with Crippen LogP contribution in [0.1, 0.15) is 18.9 Å². The maximum absolute atomic E-state index is 10.9. The van der Waals surface area contributed by atoms with E-state index in [1.54, 1.807) is 0 Å². The topological polar surface area (TPSA) is 49.3 Å². The van der Waals surface area contributed by atoms with E-state index >= 15 is 0 Å². The monoisotopic (exact) mass is 271 g/mol. The Morgan fingerprint density at radius 1 is 1.60 bits per heavy atom. The fourth-order valence-corrected chi connectivity index (χ4v) is 1.64. The van der Waals surface area contributed by atoms with E-state index in [2.05, 4.69) is 21.2 Å². The predicted molar refractivity (Wildman–Crippen MR) is 64.2 cm³/mol. The Balaban J connectivity index is 2.87. The van der Waals surface area contributed by atoms with Crippen LogP contribution in [0, 0.1) is 6.92 Å². The van der Waals surface area contributed by atoms with Crippen LogP contribution in [0.25, 0.3) is 0 Å². The van der Waals surface area contributed by atoms with Crippen LogP contribution in [0.2, 0.25) is 0 Å². The molecule has 0 aliphatic rings. The highest BCUT2D eigenvalue weighted by molar-refractivity contribution is 9.10. The lowest BCUT2D eigenvalue weighted by molar-refractivity contribution is -0.137. The molecule has 1 aromatic carbocycles. The molecule has 1 atom stereocenters. The summed E-state index contributed by atoms with van der Waals surface area (Å²) in [6, 6.07) is 5.24. The molecule has 82 valence electrons. The van der Waals surface area contributed by atoms with E-state index in [9.17, 15) is 4.79 Å². The van der Waals surface area contributed by atoms with Crippen LogP contribution in [-0.2, 0) is 4.79 Å². The number of hydrogen-bond donors (Lipinski definition) is 2. The minimum Gasteiger partial charge on any atom is -0.480 e. The molecule has 1 unspecified atom stereocenters. The molecule has 4 heteroatoms. The lowest BCUT2D eigenvalue weighted by Gasteiger charge is -2.15. The molecule has 0 heterocycles. The van der Waals surface area contributed by atoms with Gasteiger partial charge in [0.1, 0.15) is 6.04 Å². The molecule has 0 saturated heterocycles. The highest BCUT2D eigenvalue weighted by Crippen LogP contribution is 2.21. The number of aliphatic carboxylic acids is 1. The van der Waals surface area contributed by atoms with E-state index in [-0.39, 0.29) is 0 Å². The summed E-state index contributed by atoms with van der Waals surface area (Å²) in [7, 11) is 0. The Bertz CT molecular complexity index is 366. The summed E-state index contributed by atoms with van der Waals surface area (Å²) in [5, 5.41) is 11.9. The largest absolute Gasteiger partial charge is 0.480 e. The maximum Gasteiger partial charge on any atom is 0.326 e. The van der Waals surface area contributed by atoms with Gasteiger partial charge in [-0.05, 0) is 31.0 Å². The van der Waals surface area contributed by atoms with Crippen molar-refractivity contribution in [3.63, 3.8) is 0 Å². The minimum absolute atomic E-state index is 0.530. The Kier molecular flexibility index (Phi) is 4.15. The second-order valence-corrected chi connectivity index (χ2v) is 4.32. The number of carboxylic acids is 1. The fraction of sp³-hybridized carbons (Fsp3) is 0.364. The lowest BCUT2D eigenvalue weighted by atomic mass is 10.1. The normalized spacial score (nSPS) is 12.2. The Hall–Kier alpha value is -1.03. The zero-order chi connectivity index (χ0) is 11.4. The summed E-state index contributed by atoms with van der Waals surface area (Å²) < 4.78 is 0.941. The van der Waals surface area contributed by atoms with Gasteiger partial charge in [0.25, 0.3) is 0 Å². The molecular formula is C11H14BrNO2. The van der Waals surface area contributed by atoms with Crippen molar-refractivity contribution in [3.8, 4) is 0 Å². The van der Waals surface area contributed by atoms with Crippen molar-refractivity contribution < 1.29 is 9.90 Å². The number of carboxylic acid groups (broad SMARTS) is 1. The molecule has 0 aliphatic carbocycles. The average molecular weight is 272 g/mol. The molecule has 0 aromatic heterocycles. The third-order valence-electron chi connectivity index (χ3n) is 2.24. The smallest absolute Gasteiger partial charge is 0.326 e. The third kappa shape index (κ3) is 3.23. The summed E-state index contributed by atoms with van der Waals surface area (Å²) >= 11 is 3.36. The number of aryl methyl sites for hydroxylation is 1. The van der Waals surface area contributed by atoms with Crippen LogP contribution >= 0.6 is 15.9 Å². The van der Waals surface area contributed by atoms with Gasteiger partial charge in [0.2, 0.25) is 0 Å². The Morgan fingerprint density at radius 3 is 2.80 bits per heavy atom. The van der Waals surface area contributed by atoms with Gasteiger partial charge < -0.3 is 10.4 Å². The molecule has 2 N–H and O–H groups in total. The van der Waals surface area contributed by atoms with Gasteiger partial charge in [-0.3, -0.25) is 0 Å². The third-order valence-corrected chi connectivity index (χ3v) is 2.73. The van der Waals surface area contributed by atoms with Crippen LogP contribution in [0.4, 0.5) is 5.69 Å². The van der Waals surface area contributed by atoms with Gasteiger partial charge in [-0.2, -0.15) is 0 Å². The molecular weight excluding hydrogens is 258 g/mol. The number of benzene rings is 1. The van der Waals surface area contributed by atoms with E-state index in [1.165, 1.54) is 0 Å². The summed E-state index contributed by atoms with van der Waals surface area (Å²) in [5.41, 5.74) is 1.90. The average Bonchev–Trinajstić information content (AvgIpc) is 2.18. The molecule has 0 saturated carbocycles. The quantitative estimate of drug-likeness (QED) is 0.885. The maximum atomic E-state index is 10.9. The lowest BCUT2D eigenvalue weighted by Crippen LogP contribution is -2.28. The van der Waals surface area contributed by atoms with Crippen molar-refractivity contribution in [1.82, 2.24) is 0 Å². The number of anilines is 1. The Labute approximate surface area is 97.6 Å². The summed E-state index contributed by atoms with van der Waals surface area (Å²) in [6.07, 6.45) is 0.557. The first kappa shape index (κ1) is 12.0. The van der Waals surface area contributed by atoms with E-state index in [4.69, 9.17) is 5.11 Å². The first-order valence-corrected chi connectivity index (χ1v) is 5.59. The van der Waals surface area contributed by atoms with Crippen molar-refractivity contribution in [3.05, 3.63) is 28.2 Å². The molecule has 0 aliphatic heterocycles. The molecule has 1 rings (SSSR count). The zero-order valence-corrected chi connectivity index (χ0v) is 10.3. The van der Waals surface area contributed by atoms with Gasteiger partial charge in [0.15, 0.2) is 0 Å². The van der Waals surface area contributed by atoms with Crippen LogP contribution in [0.15, 0.2) is 22.7 Å². The summed E-state index contributed by atoms with van der Waals surface area (Å²) in [5.74, 6) is -0.822. The number of rotatable bonds is 4. The first-order valence-electron chi connectivity index (χ1n) is 4.80. The fourth-order valence-electron chi connectivity index (χ4n) is 1.28. The van der Waals surface area contributed by atoms with E-state index in [0.29, 0.717) is 6.42 Å². The zero-order valence-electron chi connectivity index (χ0n) is 8.75. The predicted octanol–water partition coefficient (Wildman–Crippen LogP) is 3.03. The van der Waals surface area contributed by atoms with E-state index in [1.807, 2.05) is 32.0 Å². The van der Waals surface area contributed by atoms with Crippen molar-refractivity contribution in [2.24, 2.45) is 0 Å².